The number of hydrogen-bond donors (Lipinski definition) is 2. The Kier molecular flexibility index (Phi) is 6.65. The van der Waals surface area contributed by atoms with Crippen LogP contribution in [-0.2, 0) is 0 Å². The number of nitrogens with one attached hydrogen (secondary N) is 2. The molecule has 6 heteroatoms. The topological polar surface area (TPSA) is 74.3 Å². The van der Waals surface area contributed by atoms with E-state index in [2.05, 4.69) is 20.5 Å². The molecule has 1 aromatic carbocycles. The number of hydrogen-bond acceptors (Lipinski definition) is 5. The van der Waals surface area contributed by atoms with Crippen molar-refractivity contribution in [2.45, 2.75) is 13.3 Å². The summed E-state index contributed by atoms with van der Waals surface area (Å²) in [5.74, 6) is -0.108. The maximum atomic E-state index is 12.2. The Bertz CT molecular complexity index is 726. The molecule has 0 bridgehead atoms. The highest BCUT2D eigenvalue weighted by atomic mass is 16.1. The first-order valence-corrected chi connectivity index (χ1v) is 8.21. The van der Waals surface area contributed by atoms with Gasteiger partial charge in [0.25, 0.3) is 5.91 Å². The van der Waals surface area contributed by atoms with Crippen LogP contribution in [0.2, 0.25) is 0 Å². The van der Waals surface area contributed by atoms with Crippen LogP contribution in [0.4, 0.5) is 11.4 Å². The van der Waals surface area contributed by atoms with E-state index in [0.29, 0.717) is 17.7 Å². The van der Waals surface area contributed by atoms with Gasteiger partial charge in [0.15, 0.2) is 5.78 Å². The number of nitrogens with zero attached hydrogens (tertiary/aromatic N) is 2. The van der Waals surface area contributed by atoms with E-state index in [0.717, 1.165) is 24.3 Å². The van der Waals surface area contributed by atoms with Crippen LogP contribution in [0.25, 0.3) is 0 Å². The first kappa shape index (κ1) is 18.6. The molecule has 1 aromatic heterocycles. The fraction of sp³-hybridized carbons (Fsp3) is 0.316. The molecule has 1 amide bonds. The van der Waals surface area contributed by atoms with Gasteiger partial charge in [-0.3, -0.25) is 14.6 Å². The fourth-order valence-electron chi connectivity index (χ4n) is 2.29. The Morgan fingerprint density at radius 1 is 1.04 bits per heavy atom. The second-order valence-electron chi connectivity index (χ2n) is 6.13. The first-order valence-electron chi connectivity index (χ1n) is 8.21. The molecule has 6 nitrogen and oxygen atoms in total. The molecule has 0 radical (unpaired) electrons. The Hall–Kier alpha value is -2.73. The van der Waals surface area contributed by atoms with Crippen LogP contribution in [0.5, 0.6) is 0 Å². The summed E-state index contributed by atoms with van der Waals surface area (Å²) in [6.45, 7) is 3.09. The van der Waals surface area contributed by atoms with Crippen molar-refractivity contribution in [2.75, 3.05) is 32.5 Å². The minimum Gasteiger partial charge on any atom is -0.354 e. The third-order valence-corrected chi connectivity index (χ3v) is 3.65. The molecule has 1 heterocycles. The molecule has 0 spiro atoms. The van der Waals surface area contributed by atoms with Crippen LogP contribution >= 0.6 is 0 Å². The molecule has 132 valence electrons. The molecule has 2 N–H and O–H groups in total. The van der Waals surface area contributed by atoms with Crippen LogP contribution in [0, 0.1) is 0 Å². The molecule has 25 heavy (non-hydrogen) atoms. The number of rotatable bonds is 8. The minimum atomic E-state index is -0.137. The maximum Gasteiger partial charge on any atom is 0.252 e. The molecule has 0 aliphatic rings. The number of benzene rings is 1. The summed E-state index contributed by atoms with van der Waals surface area (Å²) in [5, 5.41) is 6.08. The lowest BCUT2D eigenvalue weighted by atomic mass is 10.1. The predicted octanol–water partition coefficient (Wildman–Crippen LogP) is 2.71. The minimum absolute atomic E-state index is 0.0288. The van der Waals surface area contributed by atoms with Crippen molar-refractivity contribution in [2.24, 2.45) is 0 Å². The summed E-state index contributed by atoms with van der Waals surface area (Å²) < 4.78 is 0. The van der Waals surface area contributed by atoms with E-state index >= 15 is 0 Å². The van der Waals surface area contributed by atoms with E-state index in [1.54, 1.807) is 30.6 Å². The quantitative estimate of drug-likeness (QED) is 0.571. The zero-order chi connectivity index (χ0) is 18.2. The van der Waals surface area contributed by atoms with Crippen molar-refractivity contribution >= 4 is 23.1 Å². The maximum absolute atomic E-state index is 12.2. The van der Waals surface area contributed by atoms with Crippen LogP contribution in [0.1, 0.15) is 34.1 Å². The first-order chi connectivity index (χ1) is 12.0. The zero-order valence-corrected chi connectivity index (χ0v) is 14.9. The second kappa shape index (κ2) is 8.94. The van der Waals surface area contributed by atoms with Crippen molar-refractivity contribution in [1.82, 2.24) is 15.2 Å². The van der Waals surface area contributed by atoms with Gasteiger partial charge in [-0.1, -0.05) is 0 Å². The van der Waals surface area contributed by atoms with E-state index in [9.17, 15) is 9.59 Å². The van der Waals surface area contributed by atoms with Gasteiger partial charge < -0.3 is 15.5 Å². The van der Waals surface area contributed by atoms with Gasteiger partial charge in [0.1, 0.15) is 0 Å². The standard InChI is InChI=1S/C19H24N4O2/c1-14(24)15-5-7-17(8-6-15)22-18-11-16(12-20-13-18)19(25)21-9-4-10-23(2)3/h5-8,11-13,22H,4,9-10H2,1-3H3,(H,21,25). The van der Waals surface area contributed by atoms with Gasteiger partial charge in [0, 0.05) is 24.0 Å². The summed E-state index contributed by atoms with van der Waals surface area (Å²) >= 11 is 0. The van der Waals surface area contributed by atoms with Gasteiger partial charge >= 0.3 is 0 Å². The van der Waals surface area contributed by atoms with Gasteiger partial charge in [-0.2, -0.15) is 0 Å². The summed E-state index contributed by atoms with van der Waals surface area (Å²) in [6, 6.07) is 8.93. The zero-order valence-electron chi connectivity index (χ0n) is 14.9. The highest BCUT2D eigenvalue weighted by Gasteiger charge is 2.07. The summed E-state index contributed by atoms with van der Waals surface area (Å²) in [5.41, 5.74) is 2.72. The molecular weight excluding hydrogens is 316 g/mol. The largest absolute Gasteiger partial charge is 0.354 e. The number of aromatic nitrogens is 1. The Morgan fingerprint density at radius 2 is 1.76 bits per heavy atom. The molecule has 0 aliphatic heterocycles. The third kappa shape index (κ3) is 6.00. The molecular formula is C19H24N4O2. The molecule has 0 atom stereocenters. The number of Topliss-reactive ketones (excluding diaryl/α,β-unsaturated/α-hetero) is 1. The van der Waals surface area contributed by atoms with Crippen molar-refractivity contribution in [3.63, 3.8) is 0 Å². The van der Waals surface area contributed by atoms with Gasteiger partial charge in [-0.05, 0) is 64.3 Å². The van der Waals surface area contributed by atoms with Crippen molar-refractivity contribution in [1.29, 1.82) is 0 Å². The smallest absolute Gasteiger partial charge is 0.252 e. The number of anilines is 2. The normalized spacial score (nSPS) is 10.6. The lowest BCUT2D eigenvalue weighted by molar-refractivity contribution is 0.0951. The molecule has 0 saturated heterocycles. The molecule has 2 aromatic rings. The van der Waals surface area contributed by atoms with E-state index in [-0.39, 0.29) is 11.7 Å². The summed E-state index contributed by atoms with van der Waals surface area (Å²) in [7, 11) is 4.01. The van der Waals surface area contributed by atoms with Crippen molar-refractivity contribution in [3.05, 3.63) is 53.9 Å². The lowest BCUT2D eigenvalue weighted by Gasteiger charge is -2.11. The van der Waals surface area contributed by atoms with Gasteiger partial charge in [-0.25, -0.2) is 0 Å². The van der Waals surface area contributed by atoms with Crippen molar-refractivity contribution < 1.29 is 9.59 Å². The summed E-state index contributed by atoms with van der Waals surface area (Å²) in [6.07, 6.45) is 4.10. The van der Waals surface area contributed by atoms with Crippen LogP contribution in [0.3, 0.4) is 0 Å². The van der Waals surface area contributed by atoms with Crippen LogP contribution < -0.4 is 10.6 Å². The number of carbonyl (C=O) groups is 2. The van der Waals surface area contributed by atoms with E-state index < -0.39 is 0 Å². The number of pyridine rings is 1. The van der Waals surface area contributed by atoms with Gasteiger partial charge in [-0.15, -0.1) is 0 Å². The van der Waals surface area contributed by atoms with Crippen LogP contribution in [0.15, 0.2) is 42.7 Å². The van der Waals surface area contributed by atoms with Crippen molar-refractivity contribution in [3.8, 4) is 0 Å². The average molecular weight is 340 g/mol. The average Bonchev–Trinajstić information content (AvgIpc) is 2.59. The highest BCUT2D eigenvalue weighted by molar-refractivity contribution is 5.95. The van der Waals surface area contributed by atoms with E-state index in [1.807, 2.05) is 26.2 Å². The lowest BCUT2D eigenvalue weighted by Crippen LogP contribution is -2.27. The second-order valence-corrected chi connectivity index (χ2v) is 6.13. The van der Waals surface area contributed by atoms with E-state index in [1.165, 1.54) is 6.92 Å². The Morgan fingerprint density at radius 3 is 2.40 bits per heavy atom. The van der Waals surface area contributed by atoms with Gasteiger partial charge in [0.05, 0.1) is 17.4 Å². The Balaban J connectivity index is 1.96. The summed E-state index contributed by atoms with van der Waals surface area (Å²) in [4.78, 5) is 29.7. The highest BCUT2D eigenvalue weighted by Crippen LogP contribution is 2.17. The van der Waals surface area contributed by atoms with Crippen LogP contribution in [-0.4, -0.2) is 48.8 Å². The number of carbonyl (C=O) groups excluding carboxylic acids is 2. The Labute approximate surface area is 148 Å². The molecule has 0 aliphatic carbocycles. The molecule has 0 fully saturated rings. The molecule has 0 saturated carbocycles. The van der Waals surface area contributed by atoms with Gasteiger partial charge in [0.2, 0.25) is 0 Å². The number of ketones is 1. The molecule has 0 unspecified atom stereocenters. The predicted molar refractivity (Wildman–Crippen MR) is 99.5 cm³/mol. The van der Waals surface area contributed by atoms with E-state index in [4.69, 9.17) is 0 Å². The SMILES string of the molecule is CC(=O)c1ccc(Nc2cncc(C(=O)NCCCN(C)C)c2)cc1. The number of amides is 1. The molecule has 2 rings (SSSR count). The third-order valence-electron chi connectivity index (χ3n) is 3.65. The monoisotopic (exact) mass is 340 g/mol. The fourth-order valence-corrected chi connectivity index (χ4v) is 2.29.